The summed E-state index contributed by atoms with van der Waals surface area (Å²) < 4.78 is 6.21. The van der Waals surface area contributed by atoms with Crippen LogP contribution >= 0.6 is 11.6 Å². The van der Waals surface area contributed by atoms with E-state index in [2.05, 4.69) is 17.3 Å². The minimum atomic E-state index is -0.188. The van der Waals surface area contributed by atoms with Gasteiger partial charge in [-0.2, -0.15) is 0 Å². The van der Waals surface area contributed by atoms with Crippen LogP contribution in [0.1, 0.15) is 51.0 Å². The molecule has 1 aliphatic rings. The topological polar surface area (TPSA) is 60.2 Å². The number of hydrogen-bond acceptors (Lipinski definition) is 4. The maximum atomic E-state index is 6.25. The molecule has 0 saturated heterocycles. The summed E-state index contributed by atoms with van der Waals surface area (Å²) in [6, 6.07) is 2.03. The van der Waals surface area contributed by atoms with Gasteiger partial charge in [0.25, 0.3) is 0 Å². The number of hydrazine groups is 1. The molecule has 1 aromatic rings. The summed E-state index contributed by atoms with van der Waals surface area (Å²) in [6.45, 7) is 2.77. The zero-order valence-corrected chi connectivity index (χ0v) is 13.5. The second-order valence-corrected chi connectivity index (χ2v) is 6.21. The first-order valence-corrected chi connectivity index (χ1v) is 8.28. The molecule has 0 aromatic carbocycles. The van der Waals surface area contributed by atoms with E-state index in [9.17, 15) is 0 Å². The fourth-order valence-electron chi connectivity index (χ4n) is 3.39. The van der Waals surface area contributed by atoms with Crippen molar-refractivity contribution in [2.45, 2.75) is 63.5 Å². The number of rotatable bonds is 6. The summed E-state index contributed by atoms with van der Waals surface area (Å²) in [4.78, 5) is 4.04. The molecule has 0 spiro atoms. The number of halogens is 1. The normalized spacial score (nSPS) is 20.0. The highest BCUT2D eigenvalue weighted by atomic mass is 35.5. The lowest BCUT2D eigenvalue weighted by molar-refractivity contribution is -0.0768. The zero-order valence-electron chi connectivity index (χ0n) is 12.8. The van der Waals surface area contributed by atoms with Crippen molar-refractivity contribution in [2.24, 2.45) is 5.84 Å². The second kappa shape index (κ2) is 8.08. The maximum Gasteiger partial charge on any atom is 0.0851 e. The van der Waals surface area contributed by atoms with Crippen molar-refractivity contribution >= 4 is 11.6 Å². The van der Waals surface area contributed by atoms with Crippen LogP contribution in [0.5, 0.6) is 0 Å². The molecular weight excluding hydrogens is 286 g/mol. The van der Waals surface area contributed by atoms with Crippen molar-refractivity contribution in [3.63, 3.8) is 0 Å². The third kappa shape index (κ3) is 4.16. The molecule has 5 heteroatoms. The first kappa shape index (κ1) is 16.7. The van der Waals surface area contributed by atoms with E-state index in [-0.39, 0.29) is 11.6 Å². The Morgan fingerprint density at radius 1 is 1.38 bits per heavy atom. The number of aromatic nitrogens is 1. The van der Waals surface area contributed by atoms with E-state index >= 15 is 0 Å². The average molecular weight is 312 g/mol. The van der Waals surface area contributed by atoms with Crippen molar-refractivity contribution in [1.29, 1.82) is 0 Å². The summed E-state index contributed by atoms with van der Waals surface area (Å²) in [5.41, 5.74) is 3.88. The minimum absolute atomic E-state index is 0.0652. The van der Waals surface area contributed by atoms with Crippen LogP contribution in [-0.4, -0.2) is 23.2 Å². The van der Waals surface area contributed by atoms with E-state index in [1.807, 2.05) is 6.07 Å². The van der Waals surface area contributed by atoms with Gasteiger partial charge in [0, 0.05) is 19.0 Å². The number of ether oxygens (including phenoxy) is 1. The standard InChI is InChI=1S/C16H26ClN3O/c1-2-21-16(8-5-3-4-6-9-16)15(20-18)11-13-7-10-19-12-14(13)17/h7,10,12,15,20H,2-6,8-9,11,18H2,1H3. The summed E-state index contributed by atoms with van der Waals surface area (Å²) in [7, 11) is 0. The lowest BCUT2D eigenvalue weighted by Crippen LogP contribution is -2.56. The molecule has 4 nitrogen and oxygen atoms in total. The monoisotopic (exact) mass is 311 g/mol. The van der Waals surface area contributed by atoms with Gasteiger partial charge < -0.3 is 4.74 Å². The van der Waals surface area contributed by atoms with E-state index in [1.54, 1.807) is 12.4 Å². The Hall–Kier alpha value is -0.680. The van der Waals surface area contributed by atoms with Gasteiger partial charge in [0.2, 0.25) is 0 Å². The summed E-state index contributed by atoms with van der Waals surface area (Å²) in [5, 5.41) is 0.693. The lowest BCUT2D eigenvalue weighted by Gasteiger charge is -2.40. The van der Waals surface area contributed by atoms with Gasteiger partial charge in [0.05, 0.1) is 16.7 Å². The first-order valence-electron chi connectivity index (χ1n) is 7.90. The molecule has 2 rings (SSSR count). The Balaban J connectivity index is 2.20. The molecule has 0 amide bonds. The van der Waals surface area contributed by atoms with Crippen LogP contribution in [-0.2, 0) is 11.2 Å². The van der Waals surface area contributed by atoms with Crippen molar-refractivity contribution in [3.05, 3.63) is 29.0 Å². The number of nitrogens with two attached hydrogens (primary N) is 1. The van der Waals surface area contributed by atoms with Crippen molar-refractivity contribution in [2.75, 3.05) is 6.61 Å². The van der Waals surface area contributed by atoms with Crippen LogP contribution < -0.4 is 11.3 Å². The van der Waals surface area contributed by atoms with E-state index in [0.29, 0.717) is 11.6 Å². The van der Waals surface area contributed by atoms with E-state index in [0.717, 1.165) is 24.8 Å². The van der Waals surface area contributed by atoms with Crippen LogP contribution in [0.25, 0.3) is 0 Å². The Morgan fingerprint density at radius 3 is 2.67 bits per heavy atom. The maximum absolute atomic E-state index is 6.25. The molecule has 21 heavy (non-hydrogen) atoms. The van der Waals surface area contributed by atoms with Gasteiger partial charge in [-0.25, -0.2) is 0 Å². The summed E-state index contributed by atoms with van der Waals surface area (Å²) >= 11 is 6.25. The van der Waals surface area contributed by atoms with Crippen LogP contribution in [0.2, 0.25) is 5.02 Å². The van der Waals surface area contributed by atoms with E-state index in [1.165, 1.54) is 25.7 Å². The quantitative estimate of drug-likeness (QED) is 0.481. The SMILES string of the molecule is CCOC1(C(Cc2ccncc2Cl)NN)CCCCCC1. The highest BCUT2D eigenvalue weighted by Gasteiger charge is 2.39. The Bertz CT molecular complexity index is 433. The highest BCUT2D eigenvalue weighted by Crippen LogP contribution is 2.35. The first-order chi connectivity index (χ1) is 10.2. The van der Waals surface area contributed by atoms with Gasteiger partial charge >= 0.3 is 0 Å². The van der Waals surface area contributed by atoms with Gasteiger partial charge in [-0.05, 0) is 37.8 Å². The van der Waals surface area contributed by atoms with Crippen LogP contribution in [0, 0.1) is 0 Å². The number of pyridine rings is 1. The molecule has 1 unspecified atom stereocenters. The van der Waals surface area contributed by atoms with Gasteiger partial charge in [0.1, 0.15) is 0 Å². The molecule has 0 aliphatic heterocycles. The molecule has 0 bridgehead atoms. The molecule has 1 saturated carbocycles. The van der Waals surface area contributed by atoms with E-state index in [4.69, 9.17) is 22.2 Å². The highest BCUT2D eigenvalue weighted by molar-refractivity contribution is 6.31. The molecule has 1 fully saturated rings. The minimum Gasteiger partial charge on any atom is -0.374 e. The van der Waals surface area contributed by atoms with Gasteiger partial charge in [-0.15, -0.1) is 0 Å². The third-order valence-corrected chi connectivity index (χ3v) is 4.84. The van der Waals surface area contributed by atoms with Crippen LogP contribution in [0.15, 0.2) is 18.5 Å². The van der Waals surface area contributed by atoms with Crippen molar-refractivity contribution in [1.82, 2.24) is 10.4 Å². The summed E-state index contributed by atoms with van der Waals surface area (Å²) in [6.07, 6.45) is 11.3. The molecule has 1 heterocycles. The smallest absolute Gasteiger partial charge is 0.0851 e. The van der Waals surface area contributed by atoms with E-state index < -0.39 is 0 Å². The molecule has 3 N–H and O–H groups in total. The van der Waals surface area contributed by atoms with Gasteiger partial charge in [0.15, 0.2) is 0 Å². The fraction of sp³-hybridized carbons (Fsp3) is 0.688. The van der Waals surface area contributed by atoms with Gasteiger partial charge in [-0.1, -0.05) is 37.3 Å². The van der Waals surface area contributed by atoms with Crippen LogP contribution in [0.3, 0.4) is 0 Å². The largest absolute Gasteiger partial charge is 0.374 e. The number of nitrogens with zero attached hydrogens (tertiary/aromatic N) is 1. The molecule has 0 radical (unpaired) electrons. The molecular formula is C16H26ClN3O. The van der Waals surface area contributed by atoms with Gasteiger partial charge in [-0.3, -0.25) is 16.3 Å². The predicted molar refractivity (Wildman–Crippen MR) is 86.1 cm³/mol. The number of nitrogens with one attached hydrogen (secondary N) is 1. The fourth-order valence-corrected chi connectivity index (χ4v) is 3.59. The average Bonchev–Trinajstić information content (AvgIpc) is 2.73. The summed E-state index contributed by atoms with van der Waals surface area (Å²) in [5.74, 6) is 5.88. The van der Waals surface area contributed by atoms with Crippen molar-refractivity contribution in [3.8, 4) is 0 Å². The molecule has 1 atom stereocenters. The second-order valence-electron chi connectivity index (χ2n) is 5.80. The zero-order chi connectivity index (χ0) is 15.1. The number of hydrogen-bond donors (Lipinski definition) is 2. The third-order valence-electron chi connectivity index (χ3n) is 4.50. The predicted octanol–water partition coefficient (Wildman–Crippen LogP) is 3.24. The Morgan fingerprint density at radius 2 is 2.10 bits per heavy atom. The molecule has 1 aliphatic carbocycles. The Labute approximate surface area is 132 Å². The molecule has 118 valence electrons. The lowest BCUT2D eigenvalue weighted by atomic mass is 9.83. The Kier molecular flexibility index (Phi) is 6.42. The molecule has 1 aromatic heterocycles. The van der Waals surface area contributed by atoms with Crippen molar-refractivity contribution < 1.29 is 4.74 Å². The van der Waals surface area contributed by atoms with Crippen LogP contribution in [0.4, 0.5) is 0 Å².